The second-order valence-electron chi connectivity index (χ2n) is 16.0. The zero-order chi connectivity index (χ0) is 32.1. The summed E-state index contributed by atoms with van der Waals surface area (Å²) in [5.41, 5.74) is 2.72. The summed E-state index contributed by atoms with van der Waals surface area (Å²) in [6.45, 7) is 24.8. The van der Waals surface area contributed by atoms with Crippen LogP contribution in [0.5, 0.6) is 0 Å². The lowest BCUT2D eigenvalue weighted by Gasteiger charge is -2.46. The zero-order valence-corrected chi connectivity index (χ0v) is 27.8. The van der Waals surface area contributed by atoms with Gasteiger partial charge in [0.2, 0.25) is 0 Å². The highest BCUT2D eigenvalue weighted by Gasteiger charge is 2.42. The van der Waals surface area contributed by atoms with E-state index in [1.165, 1.54) is 0 Å². The number of aromatic amines is 1. The Balaban J connectivity index is 1.52. The van der Waals surface area contributed by atoms with Crippen LogP contribution in [0, 0.1) is 63.3 Å². The van der Waals surface area contributed by atoms with Crippen LogP contribution < -0.4 is 10.7 Å². The number of pyridine rings is 1. The molecule has 1 aromatic heterocycles. The number of anilines is 1. The molecule has 0 aliphatic heterocycles. The third kappa shape index (κ3) is 10.2. The van der Waals surface area contributed by atoms with Gasteiger partial charge in [0.05, 0.1) is 18.4 Å². The number of nitrogens with one attached hydrogen (secondary N) is 2. The molecule has 0 amide bonds. The van der Waals surface area contributed by atoms with Gasteiger partial charge < -0.3 is 19.8 Å². The Morgan fingerprint density at radius 1 is 1.00 bits per heavy atom. The standard InChI is InChI=1S/C36H54N4O3/c1-25(14-28-17-33(4,5)21-35(8,19-28)11-12-37)39-32-16-31(41)30(27(3)40-32)10-13-43-26(2)15-29-18-34(6,7)22-36(9,20-29)23-42-24-38/h16,28-29H,1-2,10-11,13-15,17-23H2,3-9H3,(H2,39,40,41). The molecule has 43 heavy (non-hydrogen) atoms. The van der Waals surface area contributed by atoms with E-state index < -0.39 is 0 Å². The van der Waals surface area contributed by atoms with Crippen molar-refractivity contribution in [3.05, 3.63) is 52.2 Å². The lowest BCUT2D eigenvalue weighted by atomic mass is 9.59. The highest BCUT2D eigenvalue weighted by Crippen LogP contribution is 2.52. The first-order valence-corrected chi connectivity index (χ1v) is 15.8. The molecule has 0 spiro atoms. The van der Waals surface area contributed by atoms with Gasteiger partial charge in [-0.15, -0.1) is 0 Å². The normalized spacial score (nSPS) is 27.7. The first-order valence-electron chi connectivity index (χ1n) is 15.8. The molecule has 0 saturated heterocycles. The molecule has 1 aromatic rings. The number of nitrogens with zero attached hydrogens (tertiary/aromatic N) is 2. The van der Waals surface area contributed by atoms with Gasteiger partial charge >= 0.3 is 0 Å². The summed E-state index contributed by atoms with van der Waals surface area (Å²) in [6, 6.07) is 4.01. The van der Waals surface area contributed by atoms with E-state index in [4.69, 9.17) is 14.7 Å². The molecule has 1 heterocycles. The van der Waals surface area contributed by atoms with Gasteiger partial charge in [-0.25, -0.2) is 0 Å². The molecular formula is C36H54N4O3. The summed E-state index contributed by atoms with van der Waals surface area (Å²) in [6.07, 6.45) is 10.7. The summed E-state index contributed by atoms with van der Waals surface area (Å²) < 4.78 is 11.2. The number of rotatable bonds is 13. The van der Waals surface area contributed by atoms with E-state index >= 15 is 0 Å². The van der Waals surface area contributed by atoms with Gasteiger partial charge in [0.15, 0.2) is 5.43 Å². The maximum atomic E-state index is 13.1. The van der Waals surface area contributed by atoms with Gasteiger partial charge in [0, 0.05) is 47.7 Å². The van der Waals surface area contributed by atoms with Crippen LogP contribution in [0.25, 0.3) is 0 Å². The number of ether oxygens (including phenoxy) is 2. The molecule has 2 fully saturated rings. The molecule has 7 heteroatoms. The predicted molar refractivity (Wildman–Crippen MR) is 173 cm³/mol. The van der Waals surface area contributed by atoms with Crippen molar-refractivity contribution in [1.82, 2.24) is 4.98 Å². The first kappa shape index (κ1) is 34.3. The lowest BCUT2D eigenvalue weighted by molar-refractivity contribution is 0.00406. The van der Waals surface area contributed by atoms with Crippen LogP contribution in [0.4, 0.5) is 5.82 Å². The largest absolute Gasteiger partial charge is 0.498 e. The number of hydrogen-bond acceptors (Lipinski definition) is 6. The number of hydrogen-bond donors (Lipinski definition) is 2. The van der Waals surface area contributed by atoms with E-state index in [-0.39, 0.29) is 27.1 Å². The van der Waals surface area contributed by atoms with Crippen LogP contribution in [0.1, 0.15) is 111 Å². The monoisotopic (exact) mass is 590 g/mol. The van der Waals surface area contributed by atoms with Gasteiger partial charge in [-0.05, 0) is 80.0 Å². The zero-order valence-electron chi connectivity index (χ0n) is 27.8. The minimum Gasteiger partial charge on any atom is -0.498 e. The molecule has 0 bridgehead atoms. The fourth-order valence-electron chi connectivity index (χ4n) is 8.99. The van der Waals surface area contributed by atoms with E-state index in [1.54, 1.807) is 6.07 Å². The van der Waals surface area contributed by atoms with Gasteiger partial charge in [0.25, 0.3) is 6.26 Å². The van der Waals surface area contributed by atoms with Crippen LogP contribution in [0.3, 0.4) is 0 Å². The predicted octanol–water partition coefficient (Wildman–Crippen LogP) is 8.54. The van der Waals surface area contributed by atoms with E-state index in [0.717, 1.165) is 68.5 Å². The number of H-pyrrole nitrogens is 1. The Hall–Kier alpha value is -3.19. The molecule has 0 aromatic carbocycles. The van der Waals surface area contributed by atoms with Crippen LogP contribution >= 0.6 is 0 Å². The Morgan fingerprint density at radius 3 is 2.21 bits per heavy atom. The first-order chi connectivity index (χ1) is 20.0. The minimum absolute atomic E-state index is 0.0246. The number of aromatic nitrogens is 1. The molecular weight excluding hydrogens is 536 g/mol. The van der Waals surface area contributed by atoms with E-state index in [2.05, 4.69) is 71.1 Å². The van der Waals surface area contributed by atoms with Crippen molar-refractivity contribution < 1.29 is 9.47 Å². The van der Waals surface area contributed by atoms with E-state index in [1.807, 2.05) is 13.2 Å². The van der Waals surface area contributed by atoms with E-state index in [0.29, 0.717) is 49.3 Å². The van der Waals surface area contributed by atoms with Crippen molar-refractivity contribution in [3.8, 4) is 12.3 Å². The molecule has 2 saturated carbocycles. The molecule has 7 nitrogen and oxygen atoms in total. The average Bonchev–Trinajstić information content (AvgIpc) is 2.81. The van der Waals surface area contributed by atoms with Crippen molar-refractivity contribution in [2.24, 2.45) is 33.5 Å². The van der Waals surface area contributed by atoms with Crippen LogP contribution in [-0.2, 0) is 15.9 Å². The lowest BCUT2D eigenvalue weighted by Crippen LogP contribution is -2.38. The topological polar surface area (TPSA) is 111 Å². The second kappa shape index (κ2) is 13.6. The molecule has 3 rings (SSSR count). The molecule has 0 radical (unpaired) electrons. The summed E-state index contributed by atoms with van der Waals surface area (Å²) in [7, 11) is 0. The number of aryl methyl sites for hydroxylation is 1. The highest BCUT2D eigenvalue weighted by atomic mass is 16.5. The van der Waals surface area contributed by atoms with Gasteiger partial charge in [0.1, 0.15) is 12.4 Å². The molecule has 4 atom stereocenters. The maximum absolute atomic E-state index is 13.1. The molecule has 236 valence electrons. The number of allylic oxidation sites excluding steroid dienone is 2. The Morgan fingerprint density at radius 2 is 1.60 bits per heavy atom. The van der Waals surface area contributed by atoms with Crippen molar-refractivity contribution in [2.45, 2.75) is 113 Å². The van der Waals surface area contributed by atoms with Crippen molar-refractivity contribution in [1.29, 1.82) is 10.5 Å². The SMILES string of the molecule is C=C(CC1CC(C)(C)CC(C)(CC#N)C1)Nc1cc(=O)c(CCOC(=C)CC2CC(C)(C)CC(C)(COC#N)C2)c(C)[nH]1. The summed E-state index contributed by atoms with van der Waals surface area (Å²) in [5, 5.41) is 21.6. The van der Waals surface area contributed by atoms with Gasteiger partial charge in [-0.2, -0.15) is 10.5 Å². The Labute approximate surface area is 259 Å². The van der Waals surface area contributed by atoms with Gasteiger partial charge in [-0.1, -0.05) is 54.7 Å². The molecule has 2 N–H and O–H groups in total. The van der Waals surface area contributed by atoms with Crippen LogP contribution in [-0.4, -0.2) is 18.2 Å². The van der Waals surface area contributed by atoms with Crippen molar-refractivity contribution in [3.63, 3.8) is 0 Å². The summed E-state index contributed by atoms with van der Waals surface area (Å²) in [5.74, 6) is 2.25. The smallest absolute Gasteiger partial charge is 0.286 e. The Kier molecular flexibility index (Phi) is 10.9. The molecule has 2 aliphatic rings. The fourth-order valence-corrected chi connectivity index (χ4v) is 8.99. The second-order valence-corrected chi connectivity index (χ2v) is 16.0. The van der Waals surface area contributed by atoms with E-state index in [9.17, 15) is 10.1 Å². The number of nitriles is 2. The average molecular weight is 591 g/mol. The molecule has 4 unspecified atom stereocenters. The van der Waals surface area contributed by atoms with Crippen LogP contribution in [0.15, 0.2) is 35.5 Å². The summed E-state index contributed by atoms with van der Waals surface area (Å²) in [4.78, 5) is 16.4. The van der Waals surface area contributed by atoms with Crippen molar-refractivity contribution in [2.75, 3.05) is 18.5 Å². The molecule has 2 aliphatic carbocycles. The third-order valence-corrected chi connectivity index (χ3v) is 9.42. The quantitative estimate of drug-likeness (QED) is 0.176. The Bertz CT molecular complexity index is 1310. The highest BCUT2D eigenvalue weighted by molar-refractivity contribution is 5.43. The summed E-state index contributed by atoms with van der Waals surface area (Å²) >= 11 is 0. The van der Waals surface area contributed by atoms with Crippen LogP contribution in [0.2, 0.25) is 0 Å². The minimum atomic E-state index is -0.0428. The maximum Gasteiger partial charge on any atom is 0.286 e. The van der Waals surface area contributed by atoms with Gasteiger partial charge in [-0.3, -0.25) is 4.79 Å². The van der Waals surface area contributed by atoms with Crippen molar-refractivity contribution >= 4 is 5.82 Å². The fraction of sp³-hybridized carbons (Fsp3) is 0.694. The third-order valence-electron chi connectivity index (χ3n) is 9.42.